The fourth-order valence-electron chi connectivity index (χ4n) is 5.05. The third kappa shape index (κ3) is 12.0. The van der Waals surface area contributed by atoms with Gasteiger partial charge in [-0.1, -0.05) is 65.7 Å². The number of rotatable bonds is 20. The van der Waals surface area contributed by atoms with Crippen molar-refractivity contribution in [1.29, 1.82) is 0 Å². The number of hydrogen-bond donors (Lipinski definition) is 10. The molecule has 0 aliphatic carbocycles. The van der Waals surface area contributed by atoms with Gasteiger partial charge in [-0.2, -0.15) is 38.3 Å². The maximum atomic E-state index is 12.6. The fourth-order valence-corrected chi connectivity index (χ4v) is 6.28. The Morgan fingerprint density at radius 3 is 1.47 bits per heavy atom. The minimum absolute atomic E-state index is 0.0402. The Balaban J connectivity index is 1.25. The molecule has 0 saturated carbocycles. The highest BCUT2D eigenvalue weighted by atomic mass is 32.2. The molecular formula is C36H36N12O8S2. The molecule has 4 aromatic carbocycles. The first-order valence-corrected chi connectivity index (χ1v) is 19.4. The number of aliphatic hydroxyl groups excluding tert-OH is 2. The van der Waals surface area contributed by atoms with Crippen molar-refractivity contribution in [2.45, 2.75) is 9.79 Å². The molecule has 300 valence electrons. The van der Waals surface area contributed by atoms with Crippen molar-refractivity contribution < 1.29 is 37.8 Å². The van der Waals surface area contributed by atoms with Gasteiger partial charge in [0.15, 0.2) is 0 Å². The van der Waals surface area contributed by atoms with Gasteiger partial charge in [0, 0.05) is 40.7 Å². The second kappa shape index (κ2) is 20.1. The monoisotopic (exact) mass is 828 g/mol. The van der Waals surface area contributed by atoms with Crippen LogP contribution >= 0.6 is 12.0 Å². The number of aromatic nitrogens is 6. The van der Waals surface area contributed by atoms with E-state index in [1.807, 2.05) is 60.7 Å². The van der Waals surface area contributed by atoms with Gasteiger partial charge >= 0.3 is 0 Å². The summed E-state index contributed by atoms with van der Waals surface area (Å²) in [6.45, 7) is 0.0423. The van der Waals surface area contributed by atoms with Crippen LogP contribution in [0, 0.1) is 0 Å². The molecule has 0 radical (unpaired) electrons. The second-order valence-corrected chi connectivity index (χ2v) is 13.8. The van der Waals surface area contributed by atoms with Gasteiger partial charge in [-0.05, 0) is 59.7 Å². The van der Waals surface area contributed by atoms with Gasteiger partial charge in [0.25, 0.3) is 10.1 Å². The van der Waals surface area contributed by atoms with Crippen LogP contribution in [0.4, 0.5) is 58.4 Å². The lowest BCUT2D eigenvalue weighted by Crippen LogP contribution is -2.12. The van der Waals surface area contributed by atoms with Crippen molar-refractivity contribution in [2.24, 2.45) is 0 Å². The summed E-state index contributed by atoms with van der Waals surface area (Å²) in [7, 11) is -4.75. The summed E-state index contributed by atoms with van der Waals surface area (Å²) in [6, 6.07) is 27.7. The number of hydrogen-bond acceptors (Lipinski definition) is 20. The molecule has 0 spiro atoms. The summed E-state index contributed by atoms with van der Waals surface area (Å²) >= 11 is 0.657. The van der Waals surface area contributed by atoms with Gasteiger partial charge in [-0.25, -0.2) is 5.26 Å². The summed E-state index contributed by atoms with van der Waals surface area (Å²) in [4.78, 5) is 26.2. The van der Waals surface area contributed by atoms with Crippen LogP contribution in [0.15, 0.2) is 107 Å². The molecule has 0 fully saturated rings. The summed E-state index contributed by atoms with van der Waals surface area (Å²) in [5.41, 5.74) is 2.77. The summed E-state index contributed by atoms with van der Waals surface area (Å²) in [5.74, 6) is 0.926. The van der Waals surface area contributed by atoms with Crippen molar-refractivity contribution in [3.8, 4) is 0 Å². The first-order valence-electron chi connectivity index (χ1n) is 17.2. The van der Waals surface area contributed by atoms with Crippen LogP contribution in [0.1, 0.15) is 11.1 Å². The zero-order valence-corrected chi connectivity index (χ0v) is 31.8. The average molecular weight is 829 g/mol. The highest BCUT2D eigenvalue weighted by Gasteiger charge is 2.17. The van der Waals surface area contributed by atoms with Crippen molar-refractivity contribution >= 4 is 92.8 Å². The summed E-state index contributed by atoms with van der Waals surface area (Å²) < 4.78 is 40.2. The maximum absolute atomic E-state index is 12.6. The standard InChI is InChI=1S/C36H36N12O8S2/c49-19-17-37-31-43-33(39-25-7-3-1-4-8-25)47-35(45-31)41-27-15-13-23(29(21-27)57-56-55-51)11-12-24-14-16-28(22-30(24)58(52,53)54)42-36-46-32(38-18-20-50)44-34(48-36)40-26-9-5-2-6-10-26/h1-16,21-22,49-51H,17-20H2,(H,52,53,54)(H3,37,39,41,43,45,47)(H3,38,40,42,44,46,48)/b12-11+. The smallest absolute Gasteiger partial charge is 0.295 e. The predicted octanol–water partition coefficient (Wildman–Crippen LogP) is 5.68. The van der Waals surface area contributed by atoms with Crippen LogP contribution in [0.3, 0.4) is 0 Å². The van der Waals surface area contributed by atoms with E-state index in [0.717, 1.165) is 5.69 Å². The van der Waals surface area contributed by atoms with E-state index in [-0.39, 0.29) is 73.2 Å². The number of anilines is 10. The molecule has 0 unspecified atom stereocenters. The predicted molar refractivity (Wildman–Crippen MR) is 219 cm³/mol. The molecule has 58 heavy (non-hydrogen) atoms. The molecule has 0 aliphatic heterocycles. The molecule has 6 aromatic rings. The molecule has 6 rings (SSSR count). The molecule has 2 heterocycles. The van der Waals surface area contributed by atoms with Crippen LogP contribution < -0.4 is 31.9 Å². The largest absolute Gasteiger partial charge is 0.395 e. The third-order valence-electron chi connectivity index (χ3n) is 7.53. The highest BCUT2D eigenvalue weighted by Crippen LogP contribution is 2.31. The van der Waals surface area contributed by atoms with Gasteiger partial charge < -0.3 is 42.1 Å². The van der Waals surface area contributed by atoms with Crippen LogP contribution in [0.2, 0.25) is 0 Å². The third-order valence-corrected chi connectivity index (χ3v) is 9.11. The SMILES string of the molecule is O=S(=O)(O)c1cc(Nc2nc(NCCO)nc(Nc3ccccc3)n2)ccc1/C=C/c1ccc(Nc2nc(NCCO)nc(Nc3ccccc3)n2)cc1SOOO. The fraction of sp³-hybridized carbons (Fsp3) is 0.111. The molecule has 0 bridgehead atoms. The number of aliphatic hydroxyl groups is 2. The van der Waals surface area contributed by atoms with Gasteiger partial charge in [-0.15, -0.1) is 4.33 Å². The van der Waals surface area contributed by atoms with Crippen LogP contribution in [0.5, 0.6) is 0 Å². The quantitative estimate of drug-likeness (QED) is 0.0145. The number of benzene rings is 4. The molecule has 10 N–H and O–H groups in total. The molecule has 0 aliphatic rings. The van der Waals surface area contributed by atoms with E-state index in [1.165, 1.54) is 18.2 Å². The Labute approximate surface area is 335 Å². The molecule has 0 atom stereocenters. The lowest BCUT2D eigenvalue weighted by molar-refractivity contribution is -0.432. The molecule has 20 nitrogen and oxygen atoms in total. The van der Waals surface area contributed by atoms with E-state index >= 15 is 0 Å². The van der Waals surface area contributed by atoms with Gasteiger partial charge in [0.05, 0.1) is 25.3 Å². The first-order chi connectivity index (χ1) is 28.2. The van der Waals surface area contributed by atoms with Crippen molar-refractivity contribution in [3.05, 3.63) is 108 Å². The zero-order valence-electron chi connectivity index (χ0n) is 30.1. The van der Waals surface area contributed by atoms with Crippen LogP contribution in [-0.2, 0) is 19.5 Å². The Morgan fingerprint density at radius 1 is 0.569 bits per heavy atom. The first kappa shape index (κ1) is 41.1. The molecule has 0 amide bonds. The van der Waals surface area contributed by atoms with Crippen LogP contribution in [-0.4, -0.2) is 84.6 Å². The minimum atomic E-state index is -4.75. The molecule has 22 heteroatoms. The topological polar surface area (TPSA) is 283 Å². The lowest BCUT2D eigenvalue weighted by Gasteiger charge is -2.13. The van der Waals surface area contributed by atoms with E-state index in [9.17, 15) is 23.2 Å². The highest BCUT2D eigenvalue weighted by molar-refractivity contribution is 7.94. The Hall–Kier alpha value is -6.50. The van der Waals surface area contributed by atoms with Crippen molar-refractivity contribution in [1.82, 2.24) is 29.9 Å². The van der Waals surface area contributed by atoms with Gasteiger partial charge in [0.1, 0.15) is 4.90 Å². The summed E-state index contributed by atoms with van der Waals surface area (Å²) in [5, 5.41) is 49.4. The zero-order chi connectivity index (χ0) is 40.7. The van der Waals surface area contributed by atoms with Crippen LogP contribution in [0.25, 0.3) is 12.2 Å². The van der Waals surface area contributed by atoms with Gasteiger partial charge in [-0.3, -0.25) is 4.55 Å². The molecular weight excluding hydrogens is 793 g/mol. The number of nitrogens with one attached hydrogen (secondary N) is 6. The maximum Gasteiger partial charge on any atom is 0.295 e. The molecule has 0 saturated heterocycles. The van der Waals surface area contributed by atoms with Gasteiger partial charge in [0.2, 0.25) is 35.7 Å². The number of nitrogens with zero attached hydrogens (tertiary/aromatic N) is 6. The Bertz CT molecular complexity index is 2440. The lowest BCUT2D eigenvalue weighted by atomic mass is 10.1. The van der Waals surface area contributed by atoms with E-state index in [4.69, 9.17) is 9.59 Å². The average Bonchev–Trinajstić information content (AvgIpc) is 3.21. The minimum Gasteiger partial charge on any atom is -0.395 e. The summed E-state index contributed by atoms with van der Waals surface area (Å²) in [6.07, 6.45) is 3.03. The Kier molecular flexibility index (Phi) is 14.2. The van der Waals surface area contributed by atoms with Crippen molar-refractivity contribution in [3.63, 3.8) is 0 Å². The molecule has 2 aromatic heterocycles. The van der Waals surface area contributed by atoms with E-state index in [1.54, 1.807) is 30.3 Å². The van der Waals surface area contributed by atoms with E-state index in [2.05, 4.69) is 66.8 Å². The van der Waals surface area contributed by atoms with Crippen molar-refractivity contribution in [2.75, 3.05) is 58.2 Å². The number of para-hydroxylation sites is 2. The van der Waals surface area contributed by atoms with E-state index in [0.29, 0.717) is 33.9 Å². The Morgan fingerprint density at radius 2 is 1.00 bits per heavy atom. The normalized spacial score (nSPS) is 11.3. The second-order valence-electron chi connectivity index (χ2n) is 11.7. The van der Waals surface area contributed by atoms with E-state index < -0.39 is 15.0 Å².